The van der Waals surface area contributed by atoms with Crippen LogP contribution in [0.3, 0.4) is 0 Å². The van der Waals surface area contributed by atoms with Gasteiger partial charge in [0.1, 0.15) is 5.69 Å². The van der Waals surface area contributed by atoms with Gasteiger partial charge in [-0.2, -0.15) is 0 Å². The Hall–Kier alpha value is -2.82. The monoisotopic (exact) mass is 335 g/mol. The van der Waals surface area contributed by atoms with Crippen LogP contribution in [0, 0.1) is 13.8 Å². The molecular formula is C20H21N3O2. The van der Waals surface area contributed by atoms with Crippen LogP contribution in [0.5, 0.6) is 0 Å². The number of H-pyrrole nitrogens is 2. The first-order chi connectivity index (χ1) is 12.0. The van der Waals surface area contributed by atoms with E-state index >= 15 is 0 Å². The van der Waals surface area contributed by atoms with Crippen molar-refractivity contribution < 1.29 is 9.59 Å². The Kier molecular flexibility index (Phi) is 3.53. The first-order valence-electron chi connectivity index (χ1n) is 8.55. The lowest BCUT2D eigenvalue weighted by Crippen LogP contribution is -2.36. The van der Waals surface area contributed by atoms with Gasteiger partial charge in [-0.05, 0) is 32.4 Å². The highest BCUT2D eigenvalue weighted by Crippen LogP contribution is 2.29. The number of carbonyl (C=O) groups excluding carboxylic acids is 2. The fourth-order valence-electron chi connectivity index (χ4n) is 3.99. The van der Waals surface area contributed by atoms with Crippen LogP contribution in [-0.2, 0) is 13.0 Å². The number of aryl methyl sites for hydroxylation is 1. The Labute approximate surface area is 146 Å². The topological polar surface area (TPSA) is 69.0 Å². The maximum absolute atomic E-state index is 13.0. The largest absolute Gasteiger partial charge is 0.358 e. The van der Waals surface area contributed by atoms with E-state index in [9.17, 15) is 9.59 Å². The van der Waals surface area contributed by atoms with Crippen molar-refractivity contribution in [2.45, 2.75) is 33.7 Å². The molecule has 1 aliphatic rings. The molecule has 25 heavy (non-hydrogen) atoms. The third-order valence-electron chi connectivity index (χ3n) is 5.17. The highest BCUT2D eigenvalue weighted by Gasteiger charge is 2.28. The summed E-state index contributed by atoms with van der Waals surface area (Å²) in [6, 6.07) is 8.20. The van der Waals surface area contributed by atoms with Gasteiger partial charge in [-0.25, -0.2) is 0 Å². The summed E-state index contributed by atoms with van der Waals surface area (Å²) in [5.74, 6) is -0.0492. The Morgan fingerprint density at radius 2 is 1.88 bits per heavy atom. The molecule has 0 fully saturated rings. The lowest BCUT2D eigenvalue weighted by Gasteiger charge is -2.27. The predicted molar refractivity (Wildman–Crippen MR) is 97.0 cm³/mol. The van der Waals surface area contributed by atoms with Gasteiger partial charge < -0.3 is 14.9 Å². The number of nitrogens with zero attached hydrogens (tertiary/aromatic N) is 1. The third-order valence-corrected chi connectivity index (χ3v) is 5.17. The van der Waals surface area contributed by atoms with E-state index in [1.165, 1.54) is 23.6 Å². The van der Waals surface area contributed by atoms with E-state index in [1.807, 2.05) is 30.9 Å². The Bertz CT molecular complexity index is 1010. The van der Waals surface area contributed by atoms with Gasteiger partial charge in [0.2, 0.25) is 0 Å². The molecule has 0 unspecified atom stereocenters. The summed E-state index contributed by atoms with van der Waals surface area (Å²) in [7, 11) is 0. The summed E-state index contributed by atoms with van der Waals surface area (Å²) in [5.41, 5.74) is 6.21. The Morgan fingerprint density at radius 3 is 2.60 bits per heavy atom. The number of nitrogens with one attached hydrogen (secondary N) is 2. The highest BCUT2D eigenvalue weighted by molar-refractivity contribution is 6.02. The van der Waals surface area contributed by atoms with Gasteiger partial charge in [-0.15, -0.1) is 0 Å². The maximum atomic E-state index is 13.0. The van der Waals surface area contributed by atoms with E-state index < -0.39 is 0 Å². The zero-order valence-electron chi connectivity index (χ0n) is 14.7. The maximum Gasteiger partial charge on any atom is 0.270 e. The summed E-state index contributed by atoms with van der Waals surface area (Å²) in [4.78, 5) is 33.3. The minimum Gasteiger partial charge on any atom is -0.358 e. The number of aromatic nitrogens is 2. The first-order valence-corrected chi connectivity index (χ1v) is 8.55. The Balaban J connectivity index is 1.69. The van der Waals surface area contributed by atoms with Crippen molar-refractivity contribution in [1.29, 1.82) is 0 Å². The number of benzene rings is 1. The van der Waals surface area contributed by atoms with Gasteiger partial charge in [-0.1, -0.05) is 18.2 Å². The molecule has 128 valence electrons. The van der Waals surface area contributed by atoms with Gasteiger partial charge in [0.25, 0.3) is 5.91 Å². The molecule has 2 N–H and O–H groups in total. The Morgan fingerprint density at radius 1 is 1.12 bits per heavy atom. The number of hydrogen-bond acceptors (Lipinski definition) is 2. The van der Waals surface area contributed by atoms with Gasteiger partial charge in [0.15, 0.2) is 5.78 Å². The van der Waals surface area contributed by atoms with E-state index in [0.29, 0.717) is 24.3 Å². The number of para-hydroxylation sites is 1. The van der Waals surface area contributed by atoms with Crippen molar-refractivity contribution in [1.82, 2.24) is 14.9 Å². The fraction of sp³-hybridized carbons (Fsp3) is 0.300. The van der Waals surface area contributed by atoms with E-state index in [2.05, 4.69) is 22.1 Å². The molecule has 0 bridgehead atoms. The van der Waals surface area contributed by atoms with Crippen molar-refractivity contribution in [2.75, 3.05) is 6.54 Å². The molecule has 4 rings (SSSR count). The molecule has 2 aromatic heterocycles. The van der Waals surface area contributed by atoms with Crippen LogP contribution in [-0.4, -0.2) is 33.1 Å². The number of hydrogen-bond donors (Lipinski definition) is 2. The molecule has 1 aromatic carbocycles. The predicted octanol–water partition coefficient (Wildman–Crippen LogP) is 3.51. The normalized spacial score (nSPS) is 14.0. The molecule has 0 saturated carbocycles. The zero-order valence-corrected chi connectivity index (χ0v) is 14.7. The number of Topliss-reactive ketones (excluding diaryl/α,β-unsaturated/α-hetero) is 1. The molecule has 0 atom stereocenters. The average Bonchev–Trinajstić information content (AvgIpc) is 3.10. The van der Waals surface area contributed by atoms with Crippen LogP contribution in [0.25, 0.3) is 10.9 Å². The van der Waals surface area contributed by atoms with Gasteiger partial charge in [-0.3, -0.25) is 9.59 Å². The second kappa shape index (κ2) is 5.62. The third kappa shape index (κ3) is 2.38. The number of rotatable bonds is 2. The quantitative estimate of drug-likeness (QED) is 0.704. The van der Waals surface area contributed by atoms with E-state index in [4.69, 9.17) is 0 Å². The summed E-state index contributed by atoms with van der Waals surface area (Å²) in [5, 5.41) is 1.18. The number of fused-ring (bicyclic) bond motifs is 3. The number of amides is 1. The minimum absolute atomic E-state index is 0.0112. The molecule has 3 aromatic rings. The van der Waals surface area contributed by atoms with Crippen molar-refractivity contribution >= 4 is 22.6 Å². The number of ketones is 1. The second-order valence-electron chi connectivity index (χ2n) is 6.79. The lowest BCUT2D eigenvalue weighted by atomic mass is 10.0. The molecule has 3 heterocycles. The summed E-state index contributed by atoms with van der Waals surface area (Å²) < 4.78 is 0. The van der Waals surface area contributed by atoms with E-state index in [0.717, 1.165) is 23.2 Å². The average molecular weight is 335 g/mol. The molecule has 0 radical (unpaired) electrons. The van der Waals surface area contributed by atoms with E-state index in [-0.39, 0.29) is 11.7 Å². The molecule has 1 aliphatic heterocycles. The van der Waals surface area contributed by atoms with Crippen LogP contribution in [0.15, 0.2) is 24.3 Å². The molecule has 0 saturated heterocycles. The molecule has 0 spiro atoms. The molecule has 0 aliphatic carbocycles. The van der Waals surface area contributed by atoms with Gasteiger partial charge in [0, 0.05) is 52.9 Å². The molecular weight excluding hydrogens is 314 g/mol. The zero-order chi connectivity index (χ0) is 17.7. The van der Waals surface area contributed by atoms with Crippen molar-refractivity contribution in [3.05, 3.63) is 58.0 Å². The number of aromatic amines is 2. The second-order valence-corrected chi connectivity index (χ2v) is 6.79. The van der Waals surface area contributed by atoms with Crippen molar-refractivity contribution in [3.8, 4) is 0 Å². The smallest absolute Gasteiger partial charge is 0.270 e. The van der Waals surface area contributed by atoms with Crippen LogP contribution in [0.1, 0.15) is 50.3 Å². The van der Waals surface area contributed by atoms with E-state index in [1.54, 1.807) is 0 Å². The van der Waals surface area contributed by atoms with Gasteiger partial charge >= 0.3 is 0 Å². The lowest BCUT2D eigenvalue weighted by molar-refractivity contribution is 0.0729. The molecule has 5 nitrogen and oxygen atoms in total. The van der Waals surface area contributed by atoms with Crippen LogP contribution >= 0.6 is 0 Å². The molecule has 1 amide bonds. The standard InChI is InChI=1S/C20H21N3O2/c1-11-18(13(3)24)12(2)21-19(11)20(25)23-9-8-17-15(10-23)14-6-4-5-7-16(14)22-17/h4-7,21-22H,8-10H2,1-3H3. The molecule has 5 heteroatoms. The van der Waals surface area contributed by atoms with Crippen molar-refractivity contribution in [2.24, 2.45) is 0 Å². The SMILES string of the molecule is CC(=O)c1c(C)[nH]c(C(=O)N2CCc3[nH]c4ccccc4c3C2)c1C. The minimum atomic E-state index is -0.0379. The number of carbonyl (C=O) groups is 2. The van der Waals surface area contributed by atoms with Crippen LogP contribution in [0.2, 0.25) is 0 Å². The van der Waals surface area contributed by atoms with Crippen LogP contribution < -0.4 is 0 Å². The van der Waals surface area contributed by atoms with Crippen molar-refractivity contribution in [3.63, 3.8) is 0 Å². The van der Waals surface area contributed by atoms with Gasteiger partial charge in [0.05, 0.1) is 0 Å². The summed E-state index contributed by atoms with van der Waals surface area (Å²) in [6.07, 6.45) is 0.814. The summed E-state index contributed by atoms with van der Waals surface area (Å²) >= 11 is 0. The van der Waals surface area contributed by atoms with Crippen LogP contribution in [0.4, 0.5) is 0 Å². The first kappa shape index (κ1) is 15.7. The summed E-state index contributed by atoms with van der Waals surface area (Å²) in [6.45, 7) is 6.48. The highest BCUT2D eigenvalue weighted by atomic mass is 16.2. The fourth-order valence-corrected chi connectivity index (χ4v) is 3.99.